The van der Waals surface area contributed by atoms with Crippen molar-refractivity contribution in [2.24, 2.45) is 13.0 Å². The minimum atomic E-state index is 0.102. The Hall–Kier alpha value is -1.57. The van der Waals surface area contributed by atoms with Crippen LogP contribution >= 0.6 is 0 Å². The van der Waals surface area contributed by atoms with E-state index < -0.39 is 0 Å². The molecule has 2 heteroatoms. The van der Waals surface area contributed by atoms with E-state index >= 15 is 0 Å². The van der Waals surface area contributed by atoms with Gasteiger partial charge >= 0.3 is 0 Å². The molecular weight excluding hydrogens is 222 g/mol. The first-order chi connectivity index (χ1) is 8.68. The normalized spacial score (nSPS) is 24.7. The number of benzene rings is 1. The molecule has 0 amide bonds. The number of rotatable bonds is 1. The quantitative estimate of drug-likeness (QED) is 0.747. The van der Waals surface area contributed by atoms with E-state index in [9.17, 15) is 4.79 Å². The molecule has 1 aliphatic carbocycles. The van der Waals surface area contributed by atoms with E-state index in [4.69, 9.17) is 0 Å². The van der Waals surface area contributed by atoms with Crippen molar-refractivity contribution in [2.45, 2.75) is 32.1 Å². The summed E-state index contributed by atoms with van der Waals surface area (Å²) in [6, 6.07) is 8.37. The Morgan fingerprint density at radius 3 is 2.83 bits per heavy atom. The maximum Gasteiger partial charge on any atom is 0.140 e. The van der Waals surface area contributed by atoms with Gasteiger partial charge in [0.25, 0.3) is 0 Å². The van der Waals surface area contributed by atoms with Gasteiger partial charge in [0.2, 0.25) is 0 Å². The van der Waals surface area contributed by atoms with E-state index in [1.165, 1.54) is 22.9 Å². The predicted octanol–water partition coefficient (Wildman–Crippen LogP) is 3.65. The highest BCUT2D eigenvalue weighted by Gasteiger charge is 2.32. The zero-order chi connectivity index (χ0) is 12.7. The number of fused-ring (bicyclic) bond motifs is 1. The summed E-state index contributed by atoms with van der Waals surface area (Å²) < 4.78 is 2.14. The summed E-state index contributed by atoms with van der Waals surface area (Å²) in [6.45, 7) is 2.21. The minimum Gasteiger partial charge on any atom is -0.350 e. The van der Waals surface area contributed by atoms with Crippen LogP contribution in [0.5, 0.6) is 0 Å². The summed E-state index contributed by atoms with van der Waals surface area (Å²) in [7, 11) is 2.06. The topological polar surface area (TPSA) is 22.0 Å². The molecule has 0 spiro atoms. The molecule has 0 aliphatic heterocycles. The lowest BCUT2D eigenvalue weighted by Crippen LogP contribution is -2.24. The summed E-state index contributed by atoms with van der Waals surface area (Å²) in [5.74, 6) is 0.993. The first kappa shape index (κ1) is 11.5. The fourth-order valence-corrected chi connectivity index (χ4v) is 3.34. The third-order valence-corrected chi connectivity index (χ3v) is 4.26. The molecular formula is C16H19NO. The number of carbonyl (C=O) groups is 1. The average molecular weight is 241 g/mol. The van der Waals surface area contributed by atoms with Crippen molar-refractivity contribution >= 4 is 16.7 Å². The Labute approximate surface area is 108 Å². The van der Waals surface area contributed by atoms with Crippen LogP contribution in [0.15, 0.2) is 30.5 Å². The van der Waals surface area contributed by atoms with Crippen LogP contribution in [0.4, 0.5) is 0 Å². The molecule has 1 fully saturated rings. The number of para-hydroxylation sites is 1. The Kier molecular flexibility index (Phi) is 2.73. The van der Waals surface area contributed by atoms with Gasteiger partial charge in [-0.1, -0.05) is 25.1 Å². The minimum absolute atomic E-state index is 0.102. The van der Waals surface area contributed by atoms with Crippen molar-refractivity contribution in [3.05, 3.63) is 36.0 Å². The number of hydrogen-bond donors (Lipinski definition) is 0. The number of Topliss-reactive ketones (excluding diaryl/α,β-unsaturated/α-hetero) is 1. The maximum atomic E-state index is 12.2. The SMILES string of the molecule is CC1CCCC(=O)C1c1cn(C)c2ccccc12. The van der Waals surface area contributed by atoms with Crippen molar-refractivity contribution in [2.75, 3.05) is 0 Å². The summed E-state index contributed by atoms with van der Waals surface area (Å²) >= 11 is 0. The fraction of sp³-hybridized carbons (Fsp3) is 0.438. The molecule has 18 heavy (non-hydrogen) atoms. The predicted molar refractivity (Wildman–Crippen MR) is 73.7 cm³/mol. The first-order valence-corrected chi connectivity index (χ1v) is 6.75. The second-order valence-electron chi connectivity index (χ2n) is 5.53. The van der Waals surface area contributed by atoms with Gasteiger partial charge in [-0.15, -0.1) is 0 Å². The molecule has 1 saturated carbocycles. The standard InChI is InChI=1S/C16H19NO/c1-11-6-5-9-15(18)16(11)13-10-17(2)14-8-4-3-7-12(13)14/h3-4,7-8,10-11,16H,5-6,9H2,1-2H3. The van der Waals surface area contributed by atoms with Crippen LogP contribution in [0.2, 0.25) is 0 Å². The van der Waals surface area contributed by atoms with E-state index in [1.807, 2.05) is 0 Å². The molecule has 94 valence electrons. The number of hydrogen-bond acceptors (Lipinski definition) is 1. The molecule has 2 atom stereocenters. The molecule has 1 heterocycles. The summed E-state index contributed by atoms with van der Waals surface area (Å²) in [5.41, 5.74) is 2.45. The Morgan fingerprint density at radius 2 is 2.06 bits per heavy atom. The van der Waals surface area contributed by atoms with Crippen LogP contribution in [0.3, 0.4) is 0 Å². The average Bonchev–Trinajstić information content (AvgIpc) is 2.68. The zero-order valence-corrected chi connectivity index (χ0v) is 11.0. The largest absolute Gasteiger partial charge is 0.350 e. The van der Waals surface area contributed by atoms with E-state index in [0.717, 1.165) is 12.8 Å². The smallest absolute Gasteiger partial charge is 0.140 e. The van der Waals surface area contributed by atoms with Gasteiger partial charge in [-0.25, -0.2) is 0 Å². The Balaban J connectivity index is 2.16. The van der Waals surface area contributed by atoms with Crippen molar-refractivity contribution in [3.63, 3.8) is 0 Å². The van der Waals surface area contributed by atoms with Gasteiger partial charge < -0.3 is 4.57 Å². The highest BCUT2D eigenvalue weighted by Crippen LogP contribution is 2.38. The van der Waals surface area contributed by atoms with Gasteiger partial charge in [-0.3, -0.25) is 4.79 Å². The van der Waals surface area contributed by atoms with Gasteiger partial charge in [-0.05, 0) is 30.4 Å². The van der Waals surface area contributed by atoms with Crippen LogP contribution in [0.25, 0.3) is 10.9 Å². The third kappa shape index (κ3) is 1.67. The highest BCUT2D eigenvalue weighted by molar-refractivity contribution is 5.94. The van der Waals surface area contributed by atoms with E-state index in [0.29, 0.717) is 11.7 Å². The van der Waals surface area contributed by atoms with Gasteiger partial charge in [0.05, 0.1) is 0 Å². The monoisotopic (exact) mass is 241 g/mol. The molecule has 1 aromatic carbocycles. The highest BCUT2D eigenvalue weighted by atomic mass is 16.1. The molecule has 0 N–H and O–H groups in total. The van der Waals surface area contributed by atoms with E-state index in [2.05, 4.69) is 49.0 Å². The molecule has 1 aromatic heterocycles. The zero-order valence-electron chi connectivity index (χ0n) is 11.0. The van der Waals surface area contributed by atoms with E-state index in [1.54, 1.807) is 0 Å². The number of nitrogens with zero attached hydrogens (tertiary/aromatic N) is 1. The number of aryl methyl sites for hydroxylation is 1. The number of ketones is 1. The number of aromatic nitrogens is 1. The van der Waals surface area contributed by atoms with Crippen LogP contribution in [-0.2, 0) is 11.8 Å². The second-order valence-corrected chi connectivity index (χ2v) is 5.53. The molecule has 2 unspecified atom stereocenters. The van der Waals surface area contributed by atoms with Crippen molar-refractivity contribution in [1.82, 2.24) is 4.57 Å². The third-order valence-electron chi connectivity index (χ3n) is 4.26. The molecule has 0 bridgehead atoms. The van der Waals surface area contributed by atoms with Crippen LogP contribution < -0.4 is 0 Å². The van der Waals surface area contributed by atoms with Crippen LogP contribution in [-0.4, -0.2) is 10.4 Å². The molecule has 1 aliphatic rings. The Bertz CT molecular complexity index is 596. The van der Waals surface area contributed by atoms with Crippen molar-refractivity contribution in [3.8, 4) is 0 Å². The van der Waals surface area contributed by atoms with Gasteiger partial charge in [0, 0.05) is 36.5 Å². The van der Waals surface area contributed by atoms with Crippen LogP contribution in [0, 0.1) is 5.92 Å². The summed E-state index contributed by atoms with van der Waals surface area (Å²) in [5, 5.41) is 1.24. The molecule has 0 radical (unpaired) electrons. The van der Waals surface area contributed by atoms with Crippen molar-refractivity contribution in [1.29, 1.82) is 0 Å². The summed E-state index contributed by atoms with van der Waals surface area (Å²) in [6.07, 6.45) is 5.12. The van der Waals surface area contributed by atoms with E-state index in [-0.39, 0.29) is 5.92 Å². The van der Waals surface area contributed by atoms with Crippen LogP contribution in [0.1, 0.15) is 37.7 Å². The lowest BCUT2D eigenvalue weighted by molar-refractivity contribution is -0.123. The molecule has 2 nitrogen and oxygen atoms in total. The Morgan fingerprint density at radius 1 is 1.28 bits per heavy atom. The van der Waals surface area contributed by atoms with Gasteiger partial charge in [0.15, 0.2) is 0 Å². The van der Waals surface area contributed by atoms with Crippen molar-refractivity contribution < 1.29 is 4.79 Å². The van der Waals surface area contributed by atoms with Gasteiger partial charge in [0.1, 0.15) is 5.78 Å². The lowest BCUT2D eigenvalue weighted by Gasteiger charge is -2.27. The molecule has 0 saturated heterocycles. The molecule has 3 rings (SSSR count). The number of carbonyl (C=O) groups excluding carboxylic acids is 1. The summed E-state index contributed by atoms with van der Waals surface area (Å²) in [4.78, 5) is 12.2. The van der Waals surface area contributed by atoms with Gasteiger partial charge in [-0.2, -0.15) is 0 Å². The fourth-order valence-electron chi connectivity index (χ4n) is 3.34. The lowest BCUT2D eigenvalue weighted by atomic mass is 9.75. The second kappa shape index (κ2) is 4.27. The molecule has 2 aromatic rings. The first-order valence-electron chi connectivity index (χ1n) is 6.75. The maximum absolute atomic E-state index is 12.2.